The fourth-order valence-corrected chi connectivity index (χ4v) is 3.58. The van der Waals surface area contributed by atoms with E-state index in [1.54, 1.807) is 18.7 Å². The fourth-order valence-electron chi connectivity index (χ4n) is 2.69. The monoisotopic (exact) mass is 383 g/mol. The number of thioether (sulfide) groups is 1. The van der Waals surface area contributed by atoms with Crippen LogP contribution in [-0.2, 0) is 12.0 Å². The van der Waals surface area contributed by atoms with Crippen LogP contribution in [-0.4, -0.2) is 25.0 Å². The first kappa shape index (κ1) is 19.4. The SMILES string of the molecule is C=CCn1c(S[C@H](C)c2nnc(C)o2)nnc1-c1ccc(C(C)(C)C)cc1. The molecule has 7 heteroatoms. The molecule has 2 aromatic heterocycles. The molecule has 3 aromatic rings. The van der Waals surface area contributed by atoms with Gasteiger partial charge in [0.25, 0.3) is 0 Å². The second kappa shape index (κ2) is 7.68. The third kappa shape index (κ3) is 4.30. The van der Waals surface area contributed by atoms with Crippen LogP contribution in [0.25, 0.3) is 11.4 Å². The number of hydrogen-bond acceptors (Lipinski definition) is 6. The first-order valence-electron chi connectivity index (χ1n) is 8.91. The zero-order chi connectivity index (χ0) is 19.6. The van der Waals surface area contributed by atoms with Gasteiger partial charge >= 0.3 is 0 Å². The number of aromatic nitrogens is 5. The maximum atomic E-state index is 5.53. The summed E-state index contributed by atoms with van der Waals surface area (Å²) in [6.45, 7) is 14.9. The average Bonchev–Trinajstić information content (AvgIpc) is 3.22. The van der Waals surface area contributed by atoms with Crippen molar-refractivity contribution in [1.82, 2.24) is 25.0 Å². The summed E-state index contributed by atoms with van der Waals surface area (Å²) in [6, 6.07) is 8.50. The summed E-state index contributed by atoms with van der Waals surface area (Å²) in [6.07, 6.45) is 1.85. The molecule has 0 bridgehead atoms. The van der Waals surface area contributed by atoms with Gasteiger partial charge in [-0.05, 0) is 17.9 Å². The Morgan fingerprint density at radius 2 is 1.85 bits per heavy atom. The van der Waals surface area contributed by atoms with Crippen LogP contribution in [0.5, 0.6) is 0 Å². The van der Waals surface area contributed by atoms with Crippen molar-refractivity contribution in [3.05, 3.63) is 54.3 Å². The molecule has 0 aliphatic carbocycles. The van der Waals surface area contributed by atoms with Crippen LogP contribution in [0.15, 0.2) is 46.5 Å². The van der Waals surface area contributed by atoms with E-state index in [-0.39, 0.29) is 10.7 Å². The number of benzene rings is 1. The summed E-state index contributed by atoms with van der Waals surface area (Å²) in [5, 5.41) is 17.6. The molecule has 1 aromatic carbocycles. The Kier molecular flexibility index (Phi) is 5.51. The topological polar surface area (TPSA) is 69.6 Å². The molecular weight excluding hydrogens is 358 g/mol. The number of rotatable bonds is 6. The van der Waals surface area contributed by atoms with Crippen molar-refractivity contribution >= 4 is 11.8 Å². The molecule has 2 heterocycles. The van der Waals surface area contributed by atoms with Gasteiger partial charge in [0.05, 0.1) is 5.25 Å². The molecule has 6 nitrogen and oxygen atoms in total. The van der Waals surface area contributed by atoms with Crippen molar-refractivity contribution < 1.29 is 4.42 Å². The van der Waals surface area contributed by atoms with E-state index < -0.39 is 0 Å². The standard InChI is InChI=1S/C20H25N5OS/c1-7-12-25-17(15-8-10-16(11-9-15)20(4,5)6)22-24-19(25)27-13(2)18-23-21-14(3)26-18/h7-11,13H,1,12H2,2-6H3/t13-/m1/s1. The van der Waals surface area contributed by atoms with Crippen molar-refractivity contribution in [1.29, 1.82) is 0 Å². The largest absolute Gasteiger partial charge is 0.424 e. The fraction of sp³-hybridized carbons (Fsp3) is 0.400. The third-order valence-corrected chi connectivity index (χ3v) is 5.28. The Morgan fingerprint density at radius 1 is 1.15 bits per heavy atom. The minimum atomic E-state index is -0.0184. The van der Waals surface area contributed by atoms with E-state index >= 15 is 0 Å². The Labute approximate surface area is 164 Å². The molecule has 27 heavy (non-hydrogen) atoms. The van der Waals surface area contributed by atoms with Gasteiger partial charge in [0.1, 0.15) is 0 Å². The third-order valence-electron chi connectivity index (χ3n) is 4.21. The zero-order valence-corrected chi connectivity index (χ0v) is 17.2. The number of aryl methyl sites for hydroxylation is 1. The molecule has 1 atom stereocenters. The van der Waals surface area contributed by atoms with Crippen molar-refractivity contribution in [2.45, 2.75) is 57.0 Å². The van der Waals surface area contributed by atoms with E-state index in [9.17, 15) is 0 Å². The van der Waals surface area contributed by atoms with Crippen LogP contribution in [0, 0.1) is 6.92 Å². The van der Waals surface area contributed by atoms with E-state index in [0.717, 1.165) is 16.5 Å². The highest BCUT2D eigenvalue weighted by molar-refractivity contribution is 7.99. The maximum Gasteiger partial charge on any atom is 0.229 e. The molecule has 0 radical (unpaired) electrons. The van der Waals surface area contributed by atoms with E-state index in [2.05, 4.69) is 76.6 Å². The summed E-state index contributed by atoms with van der Waals surface area (Å²) in [5.41, 5.74) is 2.44. The van der Waals surface area contributed by atoms with Crippen molar-refractivity contribution in [2.24, 2.45) is 0 Å². The van der Waals surface area contributed by atoms with Gasteiger partial charge in [-0.25, -0.2) is 0 Å². The van der Waals surface area contributed by atoms with E-state index in [0.29, 0.717) is 18.3 Å². The summed E-state index contributed by atoms with van der Waals surface area (Å²) < 4.78 is 7.59. The molecule has 0 aliphatic rings. The predicted octanol–water partition coefficient (Wildman–Crippen LogP) is 4.97. The van der Waals surface area contributed by atoms with Crippen LogP contribution in [0.4, 0.5) is 0 Å². The van der Waals surface area contributed by atoms with E-state index in [1.807, 2.05) is 13.0 Å². The smallest absolute Gasteiger partial charge is 0.229 e. The quantitative estimate of drug-likeness (QED) is 0.442. The molecule has 3 rings (SSSR count). The van der Waals surface area contributed by atoms with Crippen molar-refractivity contribution in [3.8, 4) is 11.4 Å². The highest BCUT2D eigenvalue weighted by Crippen LogP contribution is 2.35. The van der Waals surface area contributed by atoms with Crippen LogP contribution >= 0.6 is 11.8 Å². The van der Waals surface area contributed by atoms with Gasteiger partial charge in [0.15, 0.2) is 11.0 Å². The average molecular weight is 384 g/mol. The highest BCUT2D eigenvalue weighted by atomic mass is 32.2. The van der Waals surface area contributed by atoms with Gasteiger partial charge in [-0.15, -0.1) is 27.0 Å². The van der Waals surface area contributed by atoms with Gasteiger partial charge in [0.2, 0.25) is 11.8 Å². The van der Waals surface area contributed by atoms with Gasteiger partial charge in [0, 0.05) is 19.0 Å². The second-order valence-electron chi connectivity index (χ2n) is 7.45. The maximum absolute atomic E-state index is 5.53. The first-order valence-corrected chi connectivity index (χ1v) is 9.79. The Balaban J connectivity index is 1.90. The van der Waals surface area contributed by atoms with Crippen LogP contribution in [0.1, 0.15) is 50.3 Å². The molecule has 0 fully saturated rings. The molecule has 0 saturated carbocycles. The Hall–Kier alpha value is -2.41. The lowest BCUT2D eigenvalue weighted by Crippen LogP contribution is -2.10. The lowest BCUT2D eigenvalue weighted by atomic mass is 9.87. The predicted molar refractivity (Wildman–Crippen MR) is 108 cm³/mol. The van der Waals surface area contributed by atoms with Crippen molar-refractivity contribution in [2.75, 3.05) is 0 Å². The highest BCUT2D eigenvalue weighted by Gasteiger charge is 2.21. The van der Waals surface area contributed by atoms with Gasteiger partial charge < -0.3 is 4.42 Å². The number of nitrogens with zero attached hydrogens (tertiary/aromatic N) is 5. The zero-order valence-electron chi connectivity index (χ0n) is 16.4. The second-order valence-corrected chi connectivity index (χ2v) is 8.76. The van der Waals surface area contributed by atoms with Gasteiger partial charge in [-0.1, -0.05) is 62.9 Å². The first-order chi connectivity index (χ1) is 12.8. The summed E-state index contributed by atoms with van der Waals surface area (Å²) >= 11 is 1.54. The van der Waals surface area contributed by atoms with Crippen LogP contribution in [0.3, 0.4) is 0 Å². The van der Waals surface area contributed by atoms with Crippen molar-refractivity contribution in [3.63, 3.8) is 0 Å². The molecule has 0 aliphatic heterocycles. The molecule has 0 amide bonds. The molecule has 0 N–H and O–H groups in total. The van der Waals surface area contributed by atoms with Gasteiger partial charge in [-0.2, -0.15) is 0 Å². The minimum Gasteiger partial charge on any atom is -0.424 e. The summed E-state index contributed by atoms with van der Waals surface area (Å²) in [7, 11) is 0. The molecule has 0 spiro atoms. The van der Waals surface area contributed by atoms with Gasteiger partial charge in [-0.3, -0.25) is 4.57 Å². The minimum absolute atomic E-state index is 0.0184. The molecule has 0 unspecified atom stereocenters. The normalized spacial score (nSPS) is 12.9. The summed E-state index contributed by atoms with van der Waals surface area (Å²) in [5.74, 6) is 1.97. The summed E-state index contributed by atoms with van der Waals surface area (Å²) in [4.78, 5) is 0. The van der Waals surface area contributed by atoms with Crippen LogP contribution in [0.2, 0.25) is 0 Å². The Bertz CT molecular complexity index is 921. The van der Waals surface area contributed by atoms with E-state index in [1.165, 1.54) is 5.56 Å². The number of hydrogen-bond donors (Lipinski definition) is 0. The molecular formula is C20H25N5OS. The Morgan fingerprint density at radius 3 is 2.41 bits per heavy atom. The molecule has 142 valence electrons. The molecule has 0 saturated heterocycles. The van der Waals surface area contributed by atoms with Crippen LogP contribution < -0.4 is 0 Å². The number of allylic oxidation sites excluding steroid dienone is 1. The lowest BCUT2D eigenvalue weighted by Gasteiger charge is -2.19. The lowest BCUT2D eigenvalue weighted by molar-refractivity contribution is 0.470. The van der Waals surface area contributed by atoms with E-state index in [4.69, 9.17) is 4.42 Å².